The van der Waals surface area contributed by atoms with Crippen LogP contribution in [-0.2, 0) is 9.53 Å². The minimum atomic E-state index is -0.365. The Kier molecular flexibility index (Phi) is 5.41. The molecule has 6 nitrogen and oxygen atoms in total. The number of carbonyl (C=O) groups excluding carboxylic acids is 2. The van der Waals surface area contributed by atoms with Gasteiger partial charge in [0.25, 0.3) is 0 Å². The second-order valence-corrected chi connectivity index (χ2v) is 6.21. The van der Waals surface area contributed by atoms with Crippen LogP contribution in [0.15, 0.2) is 42.5 Å². The quantitative estimate of drug-likeness (QED) is 0.859. The van der Waals surface area contributed by atoms with Crippen LogP contribution in [0.25, 0.3) is 0 Å². The van der Waals surface area contributed by atoms with Crippen molar-refractivity contribution in [3.8, 4) is 5.75 Å². The van der Waals surface area contributed by atoms with E-state index in [1.807, 2.05) is 38.1 Å². The molecule has 26 heavy (non-hydrogen) atoms. The fourth-order valence-electron chi connectivity index (χ4n) is 2.67. The van der Waals surface area contributed by atoms with Gasteiger partial charge in [-0.05, 0) is 55.3 Å². The van der Waals surface area contributed by atoms with E-state index < -0.39 is 0 Å². The summed E-state index contributed by atoms with van der Waals surface area (Å²) >= 11 is 0. The van der Waals surface area contributed by atoms with Gasteiger partial charge >= 0.3 is 6.09 Å². The van der Waals surface area contributed by atoms with Crippen LogP contribution in [0, 0.1) is 13.8 Å². The highest BCUT2D eigenvalue weighted by molar-refractivity contribution is 5.93. The molecule has 0 atom stereocenters. The van der Waals surface area contributed by atoms with E-state index in [2.05, 4.69) is 5.32 Å². The number of cyclic esters (lactones) is 1. The molecular weight excluding hydrogens is 332 g/mol. The van der Waals surface area contributed by atoms with Gasteiger partial charge in [0.15, 0.2) is 0 Å². The largest absolute Gasteiger partial charge is 0.493 e. The zero-order valence-electron chi connectivity index (χ0n) is 15.0. The summed E-state index contributed by atoms with van der Waals surface area (Å²) in [5, 5.41) is 2.83. The number of ether oxygens (including phenoxy) is 2. The van der Waals surface area contributed by atoms with Gasteiger partial charge in [-0.25, -0.2) is 4.79 Å². The number of carbonyl (C=O) groups is 2. The molecule has 1 saturated heterocycles. The number of nitrogens with zero attached hydrogens (tertiary/aromatic N) is 1. The number of nitrogens with one attached hydrogen (secondary N) is 1. The SMILES string of the molecule is Cc1ccc(OCCC(=O)Nc2cccc(N3CCOC3=O)c2)cc1C. The first kappa shape index (κ1) is 17.8. The molecule has 0 saturated carbocycles. The van der Waals surface area contributed by atoms with Gasteiger partial charge < -0.3 is 14.8 Å². The van der Waals surface area contributed by atoms with Gasteiger partial charge in [-0.3, -0.25) is 9.69 Å². The zero-order valence-corrected chi connectivity index (χ0v) is 15.0. The van der Waals surface area contributed by atoms with E-state index in [1.165, 1.54) is 5.56 Å². The third-order valence-electron chi connectivity index (χ3n) is 4.28. The van der Waals surface area contributed by atoms with Crippen molar-refractivity contribution in [3.63, 3.8) is 0 Å². The van der Waals surface area contributed by atoms with Gasteiger partial charge in [-0.1, -0.05) is 12.1 Å². The summed E-state index contributed by atoms with van der Waals surface area (Å²) in [6.45, 7) is 5.26. The lowest BCUT2D eigenvalue weighted by Crippen LogP contribution is -2.23. The van der Waals surface area contributed by atoms with E-state index in [4.69, 9.17) is 9.47 Å². The number of rotatable bonds is 6. The van der Waals surface area contributed by atoms with Crippen molar-refractivity contribution >= 4 is 23.4 Å². The number of amides is 2. The van der Waals surface area contributed by atoms with Crippen molar-refractivity contribution < 1.29 is 19.1 Å². The van der Waals surface area contributed by atoms with Crippen LogP contribution in [0.1, 0.15) is 17.5 Å². The van der Waals surface area contributed by atoms with Gasteiger partial charge in [0.05, 0.1) is 19.6 Å². The molecule has 0 aliphatic carbocycles. The second kappa shape index (κ2) is 7.91. The van der Waals surface area contributed by atoms with Gasteiger partial charge in [-0.2, -0.15) is 0 Å². The molecule has 0 unspecified atom stereocenters. The Bertz CT molecular complexity index is 819. The number of anilines is 2. The molecule has 3 rings (SSSR count). The summed E-state index contributed by atoms with van der Waals surface area (Å²) in [4.78, 5) is 25.3. The molecule has 1 N–H and O–H groups in total. The van der Waals surface area contributed by atoms with E-state index in [0.29, 0.717) is 31.1 Å². The molecule has 2 aromatic rings. The van der Waals surface area contributed by atoms with Crippen LogP contribution in [0.4, 0.5) is 16.2 Å². The van der Waals surface area contributed by atoms with Crippen molar-refractivity contribution in [2.24, 2.45) is 0 Å². The first-order chi connectivity index (χ1) is 12.5. The molecular formula is C20H22N2O4. The Hall–Kier alpha value is -3.02. The van der Waals surface area contributed by atoms with E-state index in [0.717, 1.165) is 11.3 Å². The van der Waals surface area contributed by atoms with Crippen molar-refractivity contribution in [1.82, 2.24) is 0 Å². The van der Waals surface area contributed by atoms with E-state index >= 15 is 0 Å². The molecule has 0 radical (unpaired) electrons. The van der Waals surface area contributed by atoms with Crippen LogP contribution in [-0.4, -0.2) is 31.8 Å². The standard InChI is InChI=1S/C20H22N2O4/c1-14-6-7-18(12-15(14)2)25-10-8-19(23)21-16-4-3-5-17(13-16)22-9-11-26-20(22)24/h3-7,12-13H,8-11H2,1-2H3,(H,21,23). The van der Waals surface area contributed by atoms with Crippen LogP contribution in [0.2, 0.25) is 0 Å². The van der Waals surface area contributed by atoms with E-state index in [9.17, 15) is 9.59 Å². The molecule has 0 aromatic heterocycles. The Labute approximate surface area is 152 Å². The van der Waals surface area contributed by atoms with Gasteiger partial charge in [-0.15, -0.1) is 0 Å². The Morgan fingerprint density at radius 1 is 1.19 bits per heavy atom. The highest BCUT2D eigenvalue weighted by atomic mass is 16.6. The monoisotopic (exact) mass is 354 g/mol. The summed E-state index contributed by atoms with van der Waals surface area (Å²) in [7, 11) is 0. The van der Waals surface area contributed by atoms with Gasteiger partial charge in [0.1, 0.15) is 12.4 Å². The maximum Gasteiger partial charge on any atom is 0.414 e. The van der Waals surface area contributed by atoms with Gasteiger partial charge in [0, 0.05) is 11.4 Å². The predicted octanol–water partition coefficient (Wildman–Crippen LogP) is 3.67. The Morgan fingerprint density at radius 2 is 2.04 bits per heavy atom. The van der Waals surface area contributed by atoms with Crippen molar-refractivity contribution in [1.29, 1.82) is 0 Å². The predicted molar refractivity (Wildman–Crippen MR) is 99.8 cm³/mol. The fourth-order valence-corrected chi connectivity index (χ4v) is 2.67. The molecule has 1 heterocycles. The molecule has 0 spiro atoms. The summed E-state index contributed by atoms with van der Waals surface area (Å²) in [6, 6.07) is 13.0. The fraction of sp³-hybridized carbons (Fsp3) is 0.300. The summed E-state index contributed by atoms with van der Waals surface area (Å²) in [5.41, 5.74) is 3.70. The lowest BCUT2D eigenvalue weighted by molar-refractivity contribution is -0.116. The molecule has 6 heteroatoms. The van der Waals surface area contributed by atoms with Crippen LogP contribution in [0.3, 0.4) is 0 Å². The first-order valence-electron chi connectivity index (χ1n) is 8.57. The number of aryl methyl sites for hydroxylation is 2. The lowest BCUT2D eigenvalue weighted by Gasteiger charge is -2.14. The van der Waals surface area contributed by atoms with Crippen LogP contribution < -0.4 is 15.0 Å². The average molecular weight is 354 g/mol. The van der Waals surface area contributed by atoms with Crippen molar-refractivity contribution in [3.05, 3.63) is 53.6 Å². The maximum absolute atomic E-state index is 12.1. The zero-order chi connectivity index (χ0) is 18.5. The van der Waals surface area contributed by atoms with Crippen LogP contribution >= 0.6 is 0 Å². The smallest absolute Gasteiger partial charge is 0.414 e. The Morgan fingerprint density at radius 3 is 2.77 bits per heavy atom. The summed E-state index contributed by atoms with van der Waals surface area (Å²) in [5.74, 6) is 0.616. The molecule has 2 aromatic carbocycles. The third kappa shape index (κ3) is 4.33. The second-order valence-electron chi connectivity index (χ2n) is 6.21. The van der Waals surface area contributed by atoms with Crippen molar-refractivity contribution in [2.75, 3.05) is 30.0 Å². The molecule has 1 aliphatic heterocycles. The Balaban J connectivity index is 1.51. The average Bonchev–Trinajstić information content (AvgIpc) is 3.04. The molecule has 2 amide bonds. The molecule has 1 fully saturated rings. The summed E-state index contributed by atoms with van der Waals surface area (Å²) < 4.78 is 10.6. The minimum absolute atomic E-state index is 0.144. The number of hydrogen-bond donors (Lipinski definition) is 1. The van der Waals surface area contributed by atoms with E-state index in [-0.39, 0.29) is 18.4 Å². The number of hydrogen-bond acceptors (Lipinski definition) is 4. The topological polar surface area (TPSA) is 67.9 Å². The molecule has 136 valence electrons. The molecule has 1 aliphatic rings. The van der Waals surface area contributed by atoms with E-state index in [1.54, 1.807) is 23.1 Å². The first-order valence-corrected chi connectivity index (χ1v) is 8.57. The summed E-state index contributed by atoms with van der Waals surface area (Å²) in [6.07, 6.45) is -0.126. The normalized spacial score (nSPS) is 13.5. The third-order valence-corrected chi connectivity index (χ3v) is 4.28. The van der Waals surface area contributed by atoms with Gasteiger partial charge in [0.2, 0.25) is 5.91 Å². The lowest BCUT2D eigenvalue weighted by atomic mass is 10.1. The van der Waals surface area contributed by atoms with Crippen molar-refractivity contribution in [2.45, 2.75) is 20.3 Å². The number of benzene rings is 2. The highest BCUT2D eigenvalue weighted by Gasteiger charge is 2.23. The highest BCUT2D eigenvalue weighted by Crippen LogP contribution is 2.22. The van der Waals surface area contributed by atoms with Crippen LogP contribution in [0.5, 0.6) is 5.75 Å². The minimum Gasteiger partial charge on any atom is -0.493 e. The molecule has 0 bridgehead atoms. The maximum atomic E-state index is 12.1.